The molecule has 4 heterocycles. The Morgan fingerprint density at radius 2 is 2.13 bits per heavy atom. The number of likely N-dealkylation sites (tertiary alicyclic amines) is 2. The third-order valence-corrected chi connectivity index (χ3v) is 6.89. The molecule has 3 aliphatic heterocycles. The molecule has 1 unspecified atom stereocenters. The van der Waals surface area contributed by atoms with Crippen LogP contribution in [0.2, 0.25) is 0 Å². The number of piperidine rings is 2. The Kier molecular flexibility index (Phi) is 4.43. The Labute approximate surface area is 142 Å². The van der Waals surface area contributed by atoms with Gasteiger partial charge in [-0.1, -0.05) is 6.07 Å². The molecule has 1 spiro atoms. The summed E-state index contributed by atoms with van der Waals surface area (Å²) < 4.78 is 0. The molecule has 1 atom stereocenters. The number of nitrogens with one attached hydrogen (secondary N) is 1. The van der Waals surface area contributed by atoms with E-state index in [1.807, 2.05) is 17.5 Å². The zero-order valence-electron chi connectivity index (χ0n) is 13.8. The predicted molar refractivity (Wildman–Crippen MR) is 94.0 cm³/mol. The minimum atomic E-state index is 0.229. The van der Waals surface area contributed by atoms with Crippen LogP contribution in [0.4, 0.5) is 0 Å². The van der Waals surface area contributed by atoms with Crippen molar-refractivity contribution in [1.29, 1.82) is 0 Å². The normalized spacial score (nSPS) is 30.2. The molecule has 4 rings (SSSR count). The first-order chi connectivity index (χ1) is 11.3. The molecule has 0 bridgehead atoms. The van der Waals surface area contributed by atoms with Crippen LogP contribution >= 0.6 is 11.3 Å². The van der Waals surface area contributed by atoms with Gasteiger partial charge in [-0.05, 0) is 62.1 Å². The van der Waals surface area contributed by atoms with Crippen molar-refractivity contribution in [3.8, 4) is 0 Å². The molecule has 4 nitrogen and oxygen atoms in total. The van der Waals surface area contributed by atoms with Gasteiger partial charge in [0, 0.05) is 32.2 Å². The van der Waals surface area contributed by atoms with Crippen LogP contribution in [0, 0.1) is 5.41 Å². The summed E-state index contributed by atoms with van der Waals surface area (Å²) in [6.45, 7) is 6.77. The third kappa shape index (κ3) is 3.19. The molecule has 3 aliphatic rings. The van der Waals surface area contributed by atoms with Gasteiger partial charge in [0.1, 0.15) is 0 Å². The van der Waals surface area contributed by atoms with Gasteiger partial charge >= 0.3 is 0 Å². The molecule has 23 heavy (non-hydrogen) atoms. The first kappa shape index (κ1) is 15.6. The Hall–Kier alpha value is -0.910. The Morgan fingerprint density at radius 3 is 2.83 bits per heavy atom. The smallest absolute Gasteiger partial charge is 0.263 e. The van der Waals surface area contributed by atoms with E-state index in [9.17, 15) is 4.79 Å². The highest BCUT2D eigenvalue weighted by Gasteiger charge is 2.41. The fraction of sp³-hybridized carbons (Fsp3) is 0.722. The summed E-state index contributed by atoms with van der Waals surface area (Å²) in [6, 6.07) is 4.59. The van der Waals surface area contributed by atoms with E-state index in [-0.39, 0.29) is 5.91 Å². The Morgan fingerprint density at radius 1 is 1.26 bits per heavy atom. The lowest BCUT2D eigenvalue weighted by molar-refractivity contribution is 0.0631. The molecule has 3 fully saturated rings. The van der Waals surface area contributed by atoms with Crippen molar-refractivity contribution in [1.82, 2.24) is 15.1 Å². The number of nitrogens with zero attached hydrogens (tertiary/aromatic N) is 2. The minimum Gasteiger partial charge on any atom is -0.338 e. The van der Waals surface area contributed by atoms with Gasteiger partial charge < -0.3 is 10.2 Å². The van der Waals surface area contributed by atoms with Crippen molar-refractivity contribution in [2.45, 2.75) is 38.1 Å². The van der Waals surface area contributed by atoms with E-state index < -0.39 is 0 Å². The molecule has 0 radical (unpaired) electrons. The van der Waals surface area contributed by atoms with Gasteiger partial charge in [0.05, 0.1) is 4.88 Å². The predicted octanol–water partition coefficient (Wildman–Crippen LogP) is 2.43. The number of rotatable bonds is 2. The van der Waals surface area contributed by atoms with Crippen molar-refractivity contribution in [2.75, 3.05) is 39.3 Å². The first-order valence-electron chi connectivity index (χ1n) is 9.03. The molecule has 0 saturated carbocycles. The van der Waals surface area contributed by atoms with Crippen molar-refractivity contribution in [3.05, 3.63) is 22.4 Å². The van der Waals surface area contributed by atoms with Crippen molar-refractivity contribution in [2.24, 2.45) is 5.41 Å². The topological polar surface area (TPSA) is 35.6 Å². The summed E-state index contributed by atoms with van der Waals surface area (Å²) in [6.07, 6.45) is 6.36. The summed E-state index contributed by atoms with van der Waals surface area (Å²) >= 11 is 1.56. The molecule has 1 N–H and O–H groups in total. The summed E-state index contributed by atoms with van der Waals surface area (Å²) in [4.78, 5) is 18.1. The molecule has 0 aliphatic carbocycles. The quantitative estimate of drug-likeness (QED) is 0.903. The average Bonchev–Trinajstić information content (AvgIpc) is 3.26. The first-order valence-corrected chi connectivity index (χ1v) is 9.91. The largest absolute Gasteiger partial charge is 0.338 e. The Bertz CT molecular complexity index is 530. The number of hydrogen-bond acceptors (Lipinski definition) is 4. The maximum atomic E-state index is 12.4. The summed E-state index contributed by atoms with van der Waals surface area (Å²) in [5, 5.41) is 5.59. The fourth-order valence-electron chi connectivity index (χ4n) is 4.65. The van der Waals surface area contributed by atoms with Crippen LogP contribution in [0.5, 0.6) is 0 Å². The van der Waals surface area contributed by atoms with Gasteiger partial charge in [0.2, 0.25) is 0 Å². The van der Waals surface area contributed by atoms with Crippen molar-refractivity contribution >= 4 is 17.2 Å². The van der Waals surface area contributed by atoms with E-state index in [2.05, 4.69) is 15.1 Å². The van der Waals surface area contributed by atoms with E-state index in [1.54, 1.807) is 11.3 Å². The third-order valence-electron chi connectivity index (χ3n) is 6.03. The highest BCUT2D eigenvalue weighted by atomic mass is 32.1. The number of carbonyl (C=O) groups excluding carboxylic acids is 1. The number of hydrogen-bond donors (Lipinski definition) is 1. The zero-order valence-corrected chi connectivity index (χ0v) is 14.6. The molecule has 126 valence electrons. The van der Waals surface area contributed by atoms with Gasteiger partial charge in [-0.15, -0.1) is 11.3 Å². The number of amides is 1. The monoisotopic (exact) mass is 333 g/mol. The Balaban J connectivity index is 1.31. The highest BCUT2D eigenvalue weighted by Crippen LogP contribution is 2.38. The lowest BCUT2D eigenvalue weighted by Crippen LogP contribution is -2.48. The molecule has 1 aromatic heterocycles. The van der Waals surface area contributed by atoms with Crippen LogP contribution in [0.25, 0.3) is 0 Å². The van der Waals surface area contributed by atoms with E-state index >= 15 is 0 Å². The van der Waals surface area contributed by atoms with Crippen LogP contribution in [0.15, 0.2) is 17.5 Å². The van der Waals surface area contributed by atoms with Crippen LogP contribution in [0.1, 0.15) is 41.8 Å². The molecule has 1 amide bonds. The molecular weight excluding hydrogens is 306 g/mol. The van der Waals surface area contributed by atoms with Crippen LogP contribution in [0.3, 0.4) is 0 Å². The molecule has 0 aromatic carbocycles. The average molecular weight is 334 g/mol. The van der Waals surface area contributed by atoms with Gasteiger partial charge in [-0.2, -0.15) is 0 Å². The second kappa shape index (κ2) is 6.54. The van der Waals surface area contributed by atoms with E-state index in [0.717, 1.165) is 30.8 Å². The second-order valence-electron chi connectivity index (χ2n) is 7.50. The minimum absolute atomic E-state index is 0.229. The van der Waals surface area contributed by atoms with Crippen molar-refractivity contribution < 1.29 is 4.79 Å². The molecule has 5 heteroatoms. The lowest BCUT2D eigenvalue weighted by atomic mass is 9.80. The van der Waals surface area contributed by atoms with Gasteiger partial charge in [-0.3, -0.25) is 9.69 Å². The highest BCUT2D eigenvalue weighted by molar-refractivity contribution is 7.12. The number of thiophene rings is 1. The molecular formula is C18H27N3OS. The van der Waals surface area contributed by atoms with Crippen LogP contribution in [-0.4, -0.2) is 61.0 Å². The van der Waals surface area contributed by atoms with Crippen molar-refractivity contribution in [3.63, 3.8) is 0 Å². The summed E-state index contributed by atoms with van der Waals surface area (Å²) in [5.41, 5.74) is 0.544. The van der Waals surface area contributed by atoms with Crippen LogP contribution in [-0.2, 0) is 0 Å². The maximum absolute atomic E-state index is 12.4. The van der Waals surface area contributed by atoms with E-state index in [1.165, 1.54) is 45.4 Å². The summed E-state index contributed by atoms with van der Waals surface area (Å²) in [5.74, 6) is 0.229. The van der Waals surface area contributed by atoms with Crippen LogP contribution < -0.4 is 5.32 Å². The van der Waals surface area contributed by atoms with E-state index in [4.69, 9.17) is 0 Å². The second-order valence-corrected chi connectivity index (χ2v) is 8.45. The summed E-state index contributed by atoms with van der Waals surface area (Å²) in [7, 11) is 0. The molecule has 3 saturated heterocycles. The van der Waals surface area contributed by atoms with Gasteiger partial charge in [0.25, 0.3) is 5.91 Å². The maximum Gasteiger partial charge on any atom is 0.263 e. The SMILES string of the molecule is O=C(c1cccs1)N1CCC(N2CCC3(CCCNC3)C2)CC1. The number of carbonyl (C=O) groups is 1. The van der Waals surface area contributed by atoms with E-state index in [0.29, 0.717) is 11.5 Å². The van der Waals surface area contributed by atoms with Gasteiger partial charge in [-0.25, -0.2) is 0 Å². The lowest BCUT2D eigenvalue weighted by Gasteiger charge is -2.39. The molecule has 1 aromatic rings. The van der Waals surface area contributed by atoms with Gasteiger partial charge in [0.15, 0.2) is 0 Å². The zero-order chi connectivity index (χ0) is 15.7. The standard InChI is InChI=1S/C18H27N3OS/c22-17(16-3-1-12-23-16)20-9-4-15(5-10-20)21-11-7-18(14-21)6-2-8-19-13-18/h1,3,12,15,19H,2,4-11,13-14H2. The fourth-order valence-corrected chi connectivity index (χ4v) is 5.34.